The van der Waals surface area contributed by atoms with Crippen molar-refractivity contribution in [3.63, 3.8) is 0 Å². The molecule has 0 unspecified atom stereocenters. The summed E-state index contributed by atoms with van der Waals surface area (Å²) in [4.78, 5) is 17.1. The number of imidazole rings is 1. The van der Waals surface area contributed by atoms with Crippen LogP contribution in [0.2, 0.25) is 0 Å². The van der Waals surface area contributed by atoms with E-state index in [1.807, 2.05) is 44.4 Å². The fourth-order valence-corrected chi connectivity index (χ4v) is 5.67. The molecule has 3 N–H and O–H groups in total. The highest BCUT2D eigenvalue weighted by atomic mass is 19.1. The SMILES string of the molecule is CC.Fc1cccc(-c2ccnc3nc(-c4n[nH]c5ccc(-c6cncc(CNCC7CCCC7)c6)cc45)[nH]c23)c1. The summed E-state index contributed by atoms with van der Waals surface area (Å²) in [5.41, 5.74) is 7.81. The number of benzene rings is 2. The van der Waals surface area contributed by atoms with E-state index in [0.29, 0.717) is 17.2 Å². The van der Waals surface area contributed by atoms with Crippen molar-refractivity contribution in [2.75, 3.05) is 6.54 Å². The summed E-state index contributed by atoms with van der Waals surface area (Å²) in [7, 11) is 0. The van der Waals surface area contributed by atoms with Crippen LogP contribution in [-0.4, -0.2) is 36.7 Å². The van der Waals surface area contributed by atoms with Gasteiger partial charge in [0.15, 0.2) is 11.5 Å². The summed E-state index contributed by atoms with van der Waals surface area (Å²) in [5, 5.41) is 12.3. The normalized spacial score (nSPS) is 13.5. The van der Waals surface area contributed by atoms with Crippen molar-refractivity contribution in [2.45, 2.75) is 46.1 Å². The molecule has 1 aliphatic rings. The first kappa shape index (κ1) is 26.8. The molecule has 0 radical (unpaired) electrons. The molecule has 0 aliphatic heterocycles. The maximum absolute atomic E-state index is 13.9. The molecular weight excluding hydrogens is 513 g/mol. The Bertz CT molecular complexity index is 1780. The van der Waals surface area contributed by atoms with E-state index >= 15 is 0 Å². The lowest BCUT2D eigenvalue weighted by molar-refractivity contribution is 0.489. The molecule has 4 heterocycles. The molecule has 0 saturated heterocycles. The smallest absolute Gasteiger partial charge is 0.178 e. The van der Waals surface area contributed by atoms with Gasteiger partial charge in [-0.2, -0.15) is 5.10 Å². The van der Waals surface area contributed by atoms with Crippen LogP contribution >= 0.6 is 0 Å². The number of aromatic amines is 2. The maximum atomic E-state index is 13.9. The van der Waals surface area contributed by atoms with Crippen molar-refractivity contribution in [1.82, 2.24) is 35.5 Å². The molecule has 1 fully saturated rings. The van der Waals surface area contributed by atoms with Gasteiger partial charge < -0.3 is 10.3 Å². The zero-order chi connectivity index (χ0) is 28.2. The van der Waals surface area contributed by atoms with E-state index < -0.39 is 0 Å². The first-order chi connectivity index (χ1) is 20.2. The minimum atomic E-state index is -0.286. The van der Waals surface area contributed by atoms with Crippen LogP contribution in [0.25, 0.3) is 55.8 Å². The molecule has 6 aromatic rings. The Morgan fingerprint density at radius 2 is 1.83 bits per heavy atom. The van der Waals surface area contributed by atoms with Gasteiger partial charge in [0, 0.05) is 41.6 Å². The van der Waals surface area contributed by atoms with Crippen molar-refractivity contribution >= 4 is 22.1 Å². The molecule has 7 nitrogen and oxygen atoms in total. The van der Waals surface area contributed by atoms with E-state index in [1.54, 1.807) is 12.3 Å². The summed E-state index contributed by atoms with van der Waals surface area (Å²) < 4.78 is 13.9. The number of pyridine rings is 2. The predicted octanol–water partition coefficient (Wildman–Crippen LogP) is 7.68. The monoisotopic (exact) mass is 547 g/mol. The minimum absolute atomic E-state index is 0.286. The number of fused-ring (bicyclic) bond motifs is 2. The molecule has 1 aliphatic carbocycles. The first-order valence-corrected chi connectivity index (χ1v) is 14.5. The number of H-pyrrole nitrogens is 2. The molecular formula is C33H34FN7. The van der Waals surface area contributed by atoms with E-state index in [0.717, 1.165) is 57.7 Å². The lowest BCUT2D eigenvalue weighted by Crippen LogP contribution is -2.20. The third-order valence-electron chi connectivity index (χ3n) is 7.68. The van der Waals surface area contributed by atoms with Gasteiger partial charge >= 0.3 is 0 Å². The topological polar surface area (TPSA) is 95.2 Å². The lowest BCUT2D eigenvalue weighted by Gasteiger charge is -2.11. The van der Waals surface area contributed by atoms with Crippen LogP contribution in [-0.2, 0) is 6.54 Å². The molecule has 0 amide bonds. The van der Waals surface area contributed by atoms with Crippen LogP contribution in [0.1, 0.15) is 45.1 Å². The third-order valence-corrected chi connectivity index (χ3v) is 7.68. The van der Waals surface area contributed by atoms with Gasteiger partial charge in [0.25, 0.3) is 0 Å². The molecule has 4 aromatic heterocycles. The van der Waals surface area contributed by atoms with Crippen LogP contribution in [0.15, 0.2) is 73.2 Å². The maximum Gasteiger partial charge on any atom is 0.178 e. The largest absolute Gasteiger partial charge is 0.335 e. The molecule has 0 spiro atoms. The second-order valence-electron chi connectivity index (χ2n) is 10.3. The summed E-state index contributed by atoms with van der Waals surface area (Å²) in [5.74, 6) is 1.13. The van der Waals surface area contributed by atoms with Gasteiger partial charge in [-0.3, -0.25) is 10.1 Å². The van der Waals surface area contributed by atoms with Gasteiger partial charge in [0.1, 0.15) is 11.5 Å². The minimum Gasteiger partial charge on any atom is -0.335 e. The Balaban J connectivity index is 0.00000148. The summed E-state index contributed by atoms with van der Waals surface area (Å²) >= 11 is 0. The molecule has 7 rings (SSSR count). The second kappa shape index (κ2) is 12.0. The van der Waals surface area contributed by atoms with Crippen molar-refractivity contribution < 1.29 is 4.39 Å². The van der Waals surface area contributed by atoms with Gasteiger partial charge in [-0.1, -0.05) is 44.9 Å². The van der Waals surface area contributed by atoms with Crippen molar-refractivity contribution in [3.05, 3.63) is 84.6 Å². The molecule has 41 heavy (non-hydrogen) atoms. The third kappa shape index (κ3) is 5.60. The highest BCUT2D eigenvalue weighted by Crippen LogP contribution is 2.33. The Labute approximate surface area is 238 Å². The van der Waals surface area contributed by atoms with Crippen LogP contribution in [0.3, 0.4) is 0 Å². The Hall–Kier alpha value is -4.43. The van der Waals surface area contributed by atoms with E-state index in [-0.39, 0.29) is 5.82 Å². The van der Waals surface area contributed by atoms with Crippen LogP contribution in [0.5, 0.6) is 0 Å². The Kier molecular flexibility index (Phi) is 7.82. The number of halogens is 1. The van der Waals surface area contributed by atoms with E-state index in [1.165, 1.54) is 43.4 Å². The number of rotatable bonds is 7. The summed E-state index contributed by atoms with van der Waals surface area (Å²) in [6, 6.07) is 16.8. The molecule has 208 valence electrons. The molecule has 2 aromatic carbocycles. The average Bonchev–Trinajstić information content (AvgIpc) is 3.78. The van der Waals surface area contributed by atoms with Crippen molar-refractivity contribution in [2.24, 2.45) is 5.92 Å². The first-order valence-electron chi connectivity index (χ1n) is 14.5. The van der Waals surface area contributed by atoms with E-state index in [2.05, 4.69) is 48.7 Å². The fraction of sp³-hybridized carbons (Fsp3) is 0.273. The average molecular weight is 548 g/mol. The zero-order valence-electron chi connectivity index (χ0n) is 23.4. The fourth-order valence-electron chi connectivity index (χ4n) is 5.67. The Morgan fingerprint density at radius 1 is 0.951 bits per heavy atom. The molecule has 1 saturated carbocycles. The van der Waals surface area contributed by atoms with E-state index in [9.17, 15) is 4.39 Å². The van der Waals surface area contributed by atoms with Gasteiger partial charge in [0.2, 0.25) is 0 Å². The lowest BCUT2D eigenvalue weighted by atomic mass is 10.0. The van der Waals surface area contributed by atoms with Gasteiger partial charge in [-0.15, -0.1) is 0 Å². The molecule has 8 heteroatoms. The van der Waals surface area contributed by atoms with Gasteiger partial charge in [0.05, 0.1) is 11.0 Å². The Morgan fingerprint density at radius 3 is 2.68 bits per heavy atom. The van der Waals surface area contributed by atoms with Gasteiger partial charge in [-0.05, 0) is 78.4 Å². The number of hydrogen-bond donors (Lipinski definition) is 3. The number of nitrogens with one attached hydrogen (secondary N) is 3. The number of hydrogen-bond acceptors (Lipinski definition) is 5. The van der Waals surface area contributed by atoms with Crippen molar-refractivity contribution in [1.29, 1.82) is 0 Å². The molecule has 0 bridgehead atoms. The van der Waals surface area contributed by atoms with Crippen LogP contribution in [0, 0.1) is 11.7 Å². The number of nitrogens with zero attached hydrogens (tertiary/aromatic N) is 4. The van der Waals surface area contributed by atoms with Crippen LogP contribution < -0.4 is 5.32 Å². The van der Waals surface area contributed by atoms with Gasteiger partial charge in [-0.25, -0.2) is 14.4 Å². The zero-order valence-corrected chi connectivity index (χ0v) is 23.4. The molecule has 0 atom stereocenters. The highest BCUT2D eigenvalue weighted by Gasteiger charge is 2.17. The van der Waals surface area contributed by atoms with Crippen LogP contribution in [0.4, 0.5) is 4.39 Å². The van der Waals surface area contributed by atoms with Crippen molar-refractivity contribution in [3.8, 4) is 33.8 Å². The quantitative estimate of drug-likeness (QED) is 0.191. The predicted molar refractivity (Wildman–Crippen MR) is 163 cm³/mol. The van der Waals surface area contributed by atoms with E-state index in [4.69, 9.17) is 4.98 Å². The highest BCUT2D eigenvalue weighted by molar-refractivity contribution is 5.97. The number of aromatic nitrogens is 6. The standard InChI is InChI=1S/C31H28FN7.C2H6/c32-24-7-3-6-22(13-24)25-10-11-35-30-28(25)36-31(37-30)29-26-14-21(8-9-27(26)38-39-29)23-12-20(17-34-18-23)16-33-15-19-4-1-2-5-19;1-2/h3,6-14,17-19,33H,1-2,4-5,15-16H2,(H,38,39)(H,35,36,37);1-2H3. The summed E-state index contributed by atoms with van der Waals surface area (Å²) in [6.45, 7) is 5.89. The summed E-state index contributed by atoms with van der Waals surface area (Å²) in [6.07, 6.45) is 10.9. The second-order valence-corrected chi connectivity index (χ2v) is 10.3.